The minimum absolute atomic E-state index is 0.467. The predicted molar refractivity (Wildman–Crippen MR) is 91.0 cm³/mol. The third kappa shape index (κ3) is 5.30. The van der Waals surface area contributed by atoms with E-state index >= 15 is 0 Å². The molecule has 0 bridgehead atoms. The van der Waals surface area contributed by atoms with Gasteiger partial charge in [0.15, 0.2) is 0 Å². The molecule has 0 fully saturated rings. The monoisotopic (exact) mass is 317 g/mol. The van der Waals surface area contributed by atoms with Crippen molar-refractivity contribution in [3.05, 3.63) is 16.4 Å². The fraction of sp³-hybridized carbons (Fsp3) is 0.800. The summed E-state index contributed by atoms with van der Waals surface area (Å²) in [5, 5.41) is 9.54. The normalized spacial score (nSPS) is 14.5. The van der Waals surface area contributed by atoms with Gasteiger partial charge in [-0.25, -0.2) is 0 Å². The van der Waals surface area contributed by atoms with Gasteiger partial charge < -0.3 is 5.32 Å². The van der Waals surface area contributed by atoms with Crippen LogP contribution < -0.4 is 5.32 Å². The number of aryl methyl sites for hydroxylation is 2. The molecule has 0 aromatic carbocycles. The number of hydrogen-bond acceptors (Lipinski definition) is 3. The highest BCUT2D eigenvalue weighted by Gasteiger charge is 2.17. The first-order chi connectivity index (χ1) is 9.49. The second kappa shape index (κ2) is 8.96. The number of thioether (sulfide) groups is 1. The first kappa shape index (κ1) is 17.9. The third-order valence-electron chi connectivity index (χ3n) is 3.56. The predicted octanol–water partition coefficient (Wildman–Crippen LogP) is 3.82. The summed E-state index contributed by atoms with van der Waals surface area (Å²) >= 11 is 8.39. The lowest BCUT2D eigenvalue weighted by Gasteiger charge is -2.20. The SMILES string of the molecule is CCCNC(CSC(C)CC)Cc1c(C)nn(C)c1Cl. The van der Waals surface area contributed by atoms with Crippen LogP contribution in [0.4, 0.5) is 0 Å². The molecule has 0 radical (unpaired) electrons. The lowest BCUT2D eigenvalue weighted by Crippen LogP contribution is -2.34. The van der Waals surface area contributed by atoms with E-state index in [0.717, 1.165) is 36.0 Å². The van der Waals surface area contributed by atoms with Crippen molar-refractivity contribution in [3.63, 3.8) is 0 Å². The lowest BCUT2D eigenvalue weighted by molar-refractivity contribution is 0.548. The molecule has 0 saturated carbocycles. The van der Waals surface area contributed by atoms with Gasteiger partial charge in [-0.05, 0) is 32.7 Å². The molecule has 0 aliphatic rings. The minimum Gasteiger partial charge on any atom is -0.313 e. The lowest BCUT2D eigenvalue weighted by atomic mass is 10.1. The zero-order valence-electron chi connectivity index (χ0n) is 13.4. The Kier molecular flexibility index (Phi) is 8.00. The van der Waals surface area contributed by atoms with Gasteiger partial charge in [-0.2, -0.15) is 16.9 Å². The van der Waals surface area contributed by atoms with E-state index in [-0.39, 0.29) is 0 Å². The zero-order chi connectivity index (χ0) is 15.1. The molecule has 20 heavy (non-hydrogen) atoms. The second-order valence-corrected chi connectivity index (χ2v) is 7.22. The highest BCUT2D eigenvalue weighted by Crippen LogP contribution is 2.22. The number of hydrogen-bond donors (Lipinski definition) is 1. The van der Waals surface area contributed by atoms with E-state index < -0.39 is 0 Å². The number of nitrogens with one attached hydrogen (secondary N) is 1. The van der Waals surface area contributed by atoms with Crippen LogP contribution in [0.5, 0.6) is 0 Å². The van der Waals surface area contributed by atoms with Crippen molar-refractivity contribution in [1.29, 1.82) is 0 Å². The number of halogens is 1. The van der Waals surface area contributed by atoms with Gasteiger partial charge >= 0.3 is 0 Å². The Morgan fingerprint density at radius 1 is 1.40 bits per heavy atom. The van der Waals surface area contributed by atoms with Crippen LogP contribution in [0.2, 0.25) is 5.15 Å². The minimum atomic E-state index is 0.467. The van der Waals surface area contributed by atoms with Gasteiger partial charge in [0.05, 0.1) is 5.69 Å². The number of aromatic nitrogens is 2. The summed E-state index contributed by atoms with van der Waals surface area (Å²) in [6, 6.07) is 0.467. The maximum atomic E-state index is 6.35. The number of rotatable bonds is 9. The Balaban J connectivity index is 2.67. The van der Waals surface area contributed by atoms with Crippen LogP contribution in [0.25, 0.3) is 0 Å². The van der Waals surface area contributed by atoms with Crippen molar-refractivity contribution in [2.75, 3.05) is 12.3 Å². The summed E-state index contributed by atoms with van der Waals surface area (Å²) in [5.74, 6) is 1.12. The molecule has 1 aromatic heterocycles. The molecule has 1 heterocycles. The second-order valence-electron chi connectivity index (χ2n) is 5.39. The third-order valence-corrected chi connectivity index (χ3v) is 5.53. The van der Waals surface area contributed by atoms with E-state index in [1.54, 1.807) is 4.68 Å². The summed E-state index contributed by atoms with van der Waals surface area (Å²) in [4.78, 5) is 0. The van der Waals surface area contributed by atoms with E-state index in [9.17, 15) is 0 Å². The first-order valence-corrected chi connectivity index (χ1v) is 8.95. The molecule has 1 rings (SSSR count). The Hall–Kier alpha value is -0.190. The maximum Gasteiger partial charge on any atom is 0.130 e. The van der Waals surface area contributed by atoms with Crippen LogP contribution in [0, 0.1) is 6.92 Å². The van der Waals surface area contributed by atoms with Crippen molar-refractivity contribution in [1.82, 2.24) is 15.1 Å². The molecular formula is C15H28ClN3S. The molecule has 116 valence electrons. The van der Waals surface area contributed by atoms with Gasteiger partial charge in [0.2, 0.25) is 0 Å². The van der Waals surface area contributed by atoms with Gasteiger partial charge in [-0.3, -0.25) is 4.68 Å². The molecule has 3 nitrogen and oxygen atoms in total. The van der Waals surface area contributed by atoms with E-state index in [2.05, 4.69) is 31.2 Å². The van der Waals surface area contributed by atoms with Crippen LogP contribution in [0.15, 0.2) is 0 Å². The summed E-state index contributed by atoms with van der Waals surface area (Å²) in [5.41, 5.74) is 2.24. The Bertz CT molecular complexity index is 406. The summed E-state index contributed by atoms with van der Waals surface area (Å²) < 4.78 is 1.77. The molecule has 0 aliphatic heterocycles. The standard InChI is InChI=1S/C15H28ClN3S/c1-6-8-17-13(10-20-11(3)7-2)9-14-12(4)18-19(5)15(14)16/h11,13,17H,6-10H2,1-5H3. The van der Waals surface area contributed by atoms with Crippen molar-refractivity contribution in [2.24, 2.45) is 7.05 Å². The highest BCUT2D eigenvalue weighted by molar-refractivity contribution is 7.99. The molecule has 5 heteroatoms. The average molecular weight is 318 g/mol. The molecule has 0 spiro atoms. The molecule has 1 aromatic rings. The summed E-state index contributed by atoms with van der Waals surface area (Å²) in [6.07, 6.45) is 3.34. The van der Waals surface area contributed by atoms with E-state index in [0.29, 0.717) is 11.3 Å². The Morgan fingerprint density at radius 2 is 2.10 bits per heavy atom. The molecule has 0 aliphatic carbocycles. The smallest absolute Gasteiger partial charge is 0.130 e. The largest absolute Gasteiger partial charge is 0.313 e. The molecule has 1 N–H and O–H groups in total. The topological polar surface area (TPSA) is 29.9 Å². The summed E-state index contributed by atoms with van der Waals surface area (Å²) in [7, 11) is 1.90. The quantitative estimate of drug-likeness (QED) is 0.751. The maximum absolute atomic E-state index is 6.35. The Morgan fingerprint density at radius 3 is 2.60 bits per heavy atom. The molecule has 0 amide bonds. The van der Waals surface area contributed by atoms with Gasteiger partial charge in [-0.15, -0.1) is 0 Å². The van der Waals surface area contributed by atoms with E-state index in [1.165, 1.54) is 12.0 Å². The Labute approximate surface area is 132 Å². The van der Waals surface area contributed by atoms with Crippen molar-refractivity contribution >= 4 is 23.4 Å². The van der Waals surface area contributed by atoms with Crippen LogP contribution in [0.3, 0.4) is 0 Å². The highest BCUT2D eigenvalue weighted by atomic mass is 35.5. The average Bonchev–Trinajstić information content (AvgIpc) is 2.67. The van der Waals surface area contributed by atoms with Gasteiger partial charge in [0.1, 0.15) is 5.15 Å². The van der Waals surface area contributed by atoms with Crippen LogP contribution in [0.1, 0.15) is 44.9 Å². The molecular weight excluding hydrogens is 290 g/mol. The van der Waals surface area contributed by atoms with Gasteiger partial charge in [0, 0.05) is 29.7 Å². The van der Waals surface area contributed by atoms with Gasteiger partial charge in [-0.1, -0.05) is 32.4 Å². The molecule has 2 unspecified atom stereocenters. The number of nitrogens with zero attached hydrogens (tertiary/aromatic N) is 2. The van der Waals surface area contributed by atoms with Crippen molar-refractivity contribution < 1.29 is 0 Å². The van der Waals surface area contributed by atoms with Crippen molar-refractivity contribution in [2.45, 2.75) is 58.2 Å². The van der Waals surface area contributed by atoms with Crippen molar-refractivity contribution in [3.8, 4) is 0 Å². The van der Waals surface area contributed by atoms with E-state index in [1.807, 2.05) is 25.7 Å². The van der Waals surface area contributed by atoms with Crippen LogP contribution in [-0.2, 0) is 13.5 Å². The first-order valence-electron chi connectivity index (χ1n) is 7.52. The fourth-order valence-corrected chi connectivity index (χ4v) is 3.37. The van der Waals surface area contributed by atoms with Crippen LogP contribution >= 0.6 is 23.4 Å². The van der Waals surface area contributed by atoms with Gasteiger partial charge in [0.25, 0.3) is 0 Å². The summed E-state index contributed by atoms with van der Waals surface area (Å²) in [6.45, 7) is 9.84. The zero-order valence-corrected chi connectivity index (χ0v) is 14.9. The molecule has 2 atom stereocenters. The van der Waals surface area contributed by atoms with E-state index in [4.69, 9.17) is 11.6 Å². The van der Waals surface area contributed by atoms with Crippen LogP contribution in [-0.4, -0.2) is 33.4 Å². The fourth-order valence-electron chi connectivity index (χ4n) is 2.09. The molecule has 0 saturated heterocycles.